The number of hydrogen-bond acceptors (Lipinski definition) is 3. The fourth-order valence-corrected chi connectivity index (χ4v) is 3.57. The molecular formula is C21H22FN3O2. The molecular weight excluding hydrogens is 345 g/mol. The van der Waals surface area contributed by atoms with Crippen molar-refractivity contribution in [1.82, 2.24) is 15.1 Å². The maximum Gasteiger partial charge on any atom is 0.258 e. The van der Waals surface area contributed by atoms with Gasteiger partial charge < -0.3 is 10.0 Å². The lowest BCUT2D eigenvalue weighted by atomic mass is 10.0. The van der Waals surface area contributed by atoms with Gasteiger partial charge in [-0.05, 0) is 48.1 Å². The van der Waals surface area contributed by atoms with Gasteiger partial charge in [-0.25, -0.2) is 4.39 Å². The molecule has 2 heterocycles. The Hall–Kier alpha value is -2.89. The Kier molecular flexibility index (Phi) is 4.34. The van der Waals surface area contributed by atoms with Crippen LogP contribution in [0, 0.1) is 11.7 Å². The number of carbonyl (C=O) groups is 1. The number of nitrogens with zero attached hydrogens (tertiary/aromatic N) is 2. The van der Waals surface area contributed by atoms with E-state index in [0.717, 1.165) is 35.0 Å². The molecule has 1 aromatic heterocycles. The van der Waals surface area contributed by atoms with E-state index in [4.69, 9.17) is 0 Å². The molecule has 0 bridgehead atoms. The molecule has 1 aliphatic heterocycles. The van der Waals surface area contributed by atoms with Crippen molar-refractivity contribution in [1.29, 1.82) is 0 Å². The number of rotatable bonds is 4. The molecule has 1 aliphatic rings. The molecule has 0 spiro atoms. The third kappa shape index (κ3) is 3.27. The van der Waals surface area contributed by atoms with Gasteiger partial charge in [0.1, 0.15) is 11.6 Å². The molecule has 3 aromatic rings. The van der Waals surface area contributed by atoms with Crippen molar-refractivity contribution in [2.24, 2.45) is 5.92 Å². The summed E-state index contributed by atoms with van der Waals surface area (Å²) >= 11 is 0. The normalized spacial score (nSPS) is 13.6. The summed E-state index contributed by atoms with van der Waals surface area (Å²) in [7, 11) is 0. The van der Waals surface area contributed by atoms with Gasteiger partial charge in [0.2, 0.25) is 0 Å². The minimum absolute atomic E-state index is 0.0865. The van der Waals surface area contributed by atoms with Crippen molar-refractivity contribution in [2.45, 2.75) is 39.8 Å². The standard InChI is InChI=1S/C21H22FN3O2/c1-12(2)3-6-18-16-8-17(20(26)9-19(16)24-23-18)21(27)25-10-13-4-5-15(22)7-14(13)11-25/h4-5,7-9,12,26H,3,6,10-11H2,1-2H3,(H,23,24). The van der Waals surface area contributed by atoms with Gasteiger partial charge in [0.25, 0.3) is 5.91 Å². The van der Waals surface area contributed by atoms with Crippen molar-refractivity contribution in [3.05, 3.63) is 58.5 Å². The fourth-order valence-electron chi connectivity index (χ4n) is 3.57. The van der Waals surface area contributed by atoms with Crippen LogP contribution < -0.4 is 0 Å². The molecule has 5 nitrogen and oxygen atoms in total. The predicted octanol–water partition coefficient (Wildman–Crippen LogP) is 4.15. The van der Waals surface area contributed by atoms with Crippen molar-refractivity contribution in [3.8, 4) is 5.75 Å². The number of nitrogens with one attached hydrogen (secondary N) is 1. The molecule has 0 fully saturated rings. The molecule has 140 valence electrons. The summed E-state index contributed by atoms with van der Waals surface area (Å²) in [5.41, 5.74) is 3.62. The molecule has 0 saturated heterocycles. The largest absolute Gasteiger partial charge is 0.507 e. The molecule has 0 aliphatic carbocycles. The summed E-state index contributed by atoms with van der Waals surface area (Å²) in [4.78, 5) is 14.6. The van der Waals surface area contributed by atoms with Gasteiger partial charge in [0, 0.05) is 30.2 Å². The Labute approximate surface area is 156 Å². The van der Waals surface area contributed by atoms with Crippen LogP contribution in [0.25, 0.3) is 10.9 Å². The number of aromatic nitrogens is 2. The van der Waals surface area contributed by atoms with E-state index in [9.17, 15) is 14.3 Å². The van der Waals surface area contributed by atoms with Crippen molar-refractivity contribution < 1.29 is 14.3 Å². The summed E-state index contributed by atoms with van der Waals surface area (Å²) in [6.07, 6.45) is 1.84. The molecule has 2 N–H and O–H groups in total. The molecule has 0 saturated carbocycles. The second-order valence-corrected chi connectivity index (χ2v) is 7.60. The number of amides is 1. The van der Waals surface area contributed by atoms with Gasteiger partial charge in [-0.15, -0.1) is 0 Å². The zero-order valence-electron chi connectivity index (χ0n) is 15.4. The highest BCUT2D eigenvalue weighted by atomic mass is 19.1. The Bertz CT molecular complexity index is 1030. The Balaban J connectivity index is 1.64. The minimum Gasteiger partial charge on any atom is -0.507 e. The number of aromatic amines is 1. The van der Waals surface area contributed by atoms with Gasteiger partial charge >= 0.3 is 0 Å². The van der Waals surface area contributed by atoms with Crippen molar-refractivity contribution in [3.63, 3.8) is 0 Å². The summed E-state index contributed by atoms with van der Waals surface area (Å²) in [6, 6.07) is 7.83. The van der Waals surface area contributed by atoms with Gasteiger partial charge in [0.05, 0.1) is 11.1 Å². The molecule has 6 heteroatoms. The first-order valence-corrected chi connectivity index (χ1v) is 9.19. The molecule has 4 rings (SSSR count). The molecule has 0 radical (unpaired) electrons. The first-order valence-electron chi connectivity index (χ1n) is 9.19. The zero-order chi connectivity index (χ0) is 19.1. The smallest absolute Gasteiger partial charge is 0.258 e. The third-order valence-electron chi connectivity index (χ3n) is 5.13. The number of hydrogen-bond donors (Lipinski definition) is 2. The van der Waals surface area contributed by atoms with E-state index >= 15 is 0 Å². The first kappa shape index (κ1) is 17.5. The predicted molar refractivity (Wildman–Crippen MR) is 101 cm³/mol. The van der Waals surface area contributed by atoms with Crippen LogP contribution in [-0.4, -0.2) is 26.1 Å². The lowest BCUT2D eigenvalue weighted by molar-refractivity contribution is 0.0748. The summed E-state index contributed by atoms with van der Waals surface area (Å²) in [5, 5.41) is 18.5. The van der Waals surface area contributed by atoms with Crippen LogP contribution in [0.5, 0.6) is 5.75 Å². The highest BCUT2D eigenvalue weighted by molar-refractivity contribution is 6.01. The Morgan fingerprint density at radius 2 is 2.04 bits per heavy atom. The Morgan fingerprint density at radius 1 is 1.26 bits per heavy atom. The second kappa shape index (κ2) is 6.68. The SMILES string of the molecule is CC(C)CCc1[nH]nc2cc(O)c(C(=O)N3Cc4ccc(F)cc4C3)cc12. The summed E-state index contributed by atoms with van der Waals surface area (Å²) in [5.74, 6) is -0.0934. The van der Waals surface area contributed by atoms with Crippen LogP contribution in [0.4, 0.5) is 4.39 Å². The van der Waals surface area contributed by atoms with E-state index in [-0.39, 0.29) is 23.0 Å². The number of aryl methyl sites for hydroxylation is 1. The average molecular weight is 367 g/mol. The van der Waals surface area contributed by atoms with Crippen LogP contribution >= 0.6 is 0 Å². The van der Waals surface area contributed by atoms with E-state index in [0.29, 0.717) is 24.5 Å². The summed E-state index contributed by atoms with van der Waals surface area (Å²) < 4.78 is 13.4. The van der Waals surface area contributed by atoms with Gasteiger partial charge in [-0.1, -0.05) is 19.9 Å². The second-order valence-electron chi connectivity index (χ2n) is 7.60. The van der Waals surface area contributed by atoms with Crippen molar-refractivity contribution >= 4 is 16.8 Å². The Morgan fingerprint density at radius 3 is 2.81 bits per heavy atom. The molecule has 0 atom stereocenters. The molecule has 0 unspecified atom stereocenters. The topological polar surface area (TPSA) is 69.2 Å². The maximum atomic E-state index is 13.4. The molecule has 27 heavy (non-hydrogen) atoms. The van der Waals surface area contributed by atoms with E-state index in [2.05, 4.69) is 24.0 Å². The lowest BCUT2D eigenvalue weighted by Crippen LogP contribution is -2.25. The number of benzene rings is 2. The number of phenolic OH excluding ortho intramolecular Hbond substituents is 1. The number of halogens is 1. The van der Waals surface area contributed by atoms with Crippen molar-refractivity contribution in [2.75, 3.05) is 0 Å². The van der Waals surface area contributed by atoms with E-state index in [1.807, 2.05) is 0 Å². The van der Waals surface area contributed by atoms with E-state index < -0.39 is 0 Å². The lowest BCUT2D eigenvalue weighted by Gasteiger charge is -2.16. The van der Waals surface area contributed by atoms with Crippen LogP contribution in [0.2, 0.25) is 0 Å². The monoisotopic (exact) mass is 367 g/mol. The summed E-state index contributed by atoms with van der Waals surface area (Å²) in [6.45, 7) is 5.08. The van der Waals surface area contributed by atoms with E-state index in [1.54, 1.807) is 17.0 Å². The highest BCUT2D eigenvalue weighted by Gasteiger charge is 2.27. The van der Waals surface area contributed by atoms with Gasteiger partial charge in [0.15, 0.2) is 0 Å². The minimum atomic E-state index is -0.305. The number of fused-ring (bicyclic) bond motifs is 2. The number of phenols is 1. The van der Waals surface area contributed by atoms with E-state index in [1.165, 1.54) is 18.2 Å². The van der Waals surface area contributed by atoms with Crippen LogP contribution in [-0.2, 0) is 19.5 Å². The average Bonchev–Trinajstić information content (AvgIpc) is 3.21. The molecule has 1 amide bonds. The zero-order valence-corrected chi connectivity index (χ0v) is 15.4. The number of carbonyl (C=O) groups excluding carboxylic acids is 1. The fraction of sp³-hybridized carbons (Fsp3) is 0.333. The van der Waals surface area contributed by atoms with Crippen LogP contribution in [0.1, 0.15) is 47.4 Å². The van der Waals surface area contributed by atoms with Gasteiger partial charge in [-0.3, -0.25) is 9.89 Å². The maximum absolute atomic E-state index is 13.4. The number of H-pyrrole nitrogens is 1. The molecule has 2 aromatic carbocycles. The quantitative estimate of drug-likeness (QED) is 0.728. The van der Waals surface area contributed by atoms with Gasteiger partial charge in [-0.2, -0.15) is 5.10 Å². The van der Waals surface area contributed by atoms with Crippen LogP contribution in [0.15, 0.2) is 30.3 Å². The first-order chi connectivity index (χ1) is 12.9. The van der Waals surface area contributed by atoms with Crippen LogP contribution in [0.3, 0.4) is 0 Å². The highest BCUT2D eigenvalue weighted by Crippen LogP contribution is 2.31. The third-order valence-corrected chi connectivity index (χ3v) is 5.13. The number of aromatic hydroxyl groups is 1.